The van der Waals surface area contributed by atoms with E-state index in [0.717, 1.165) is 68.4 Å². The van der Waals surface area contributed by atoms with Crippen LogP contribution in [0.25, 0.3) is 0 Å². The lowest BCUT2D eigenvalue weighted by Gasteiger charge is -2.17. The Morgan fingerprint density at radius 1 is 1.29 bits per heavy atom. The van der Waals surface area contributed by atoms with Crippen LogP contribution < -0.4 is 15.4 Å². The van der Waals surface area contributed by atoms with Crippen molar-refractivity contribution >= 4 is 41.3 Å². The molecule has 0 radical (unpaired) electrons. The third-order valence-corrected chi connectivity index (χ3v) is 6.19. The number of hydrogen-bond donors (Lipinski definition) is 2. The summed E-state index contributed by atoms with van der Waals surface area (Å²) in [5, 5.41) is 10.2. The molecule has 1 aliphatic heterocycles. The van der Waals surface area contributed by atoms with Gasteiger partial charge in [-0.1, -0.05) is 12.1 Å². The zero-order chi connectivity index (χ0) is 21.2. The first-order valence-corrected chi connectivity index (χ1v) is 11.7. The van der Waals surface area contributed by atoms with Gasteiger partial charge in [0.15, 0.2) is 5.96 Å². The number of guanidine groups is 1. The molecule has 6 nitrogen and oxygen atoms in total. The van der Waals surface area contributed by atoms with E-state index in [2.05, 4.69) is 51.1 Å². The van der Waals surface area contributed by atoms with Crippen molar-refractivity contribution in [2.24, 2.45) is 10.9 Å². The van der Waals surface area contributed by atoms with Gasteiger partial charge in [-0.25, -0.2) is 4.98 Å². The summed E-state index contributed by atoms with van der Waals surface area (Å²) in [5.74, 6) is 2.26. The van der Waals surface area contributed by atoms with Crippen LogP contribution in [0.1, 0.15) is 41.1 Å². The van der Waals surface area contributed by atoms with Gasteiger partial charge in [-0.2, -0.15) is 0 Å². The largest absolute Gasteiger partial charge is 0.493 e. The third kappa shape index (κ3) is 8.94. The number of aryl methyl sites for hydroxylation is 3. The molecule has 0 amide bonds. The van der Waals surface area contributed by atoms with Crippen molar-refractivity contribution in [2.75, 3.05) is 33.4 Å². The van der Waals surface area contributed by atoms with E-state index in [-0.39, 0.29) is 24.0 Å². The van der Waals surface area contributed by atoms with Gasteiger partial charge >= 0.3 is 0 Å². The van der Waals surface area contributed by atoms with Crippen molar-refractivity contribution in [1.29, 1.82) is 0 Å². The van der Waals surface area contributed by atoms with Crippen LogP contribution in [0.15, 0.2) is 28.6 Å². The van der Waals surface area contributed by atoms with Crippen molar-refractivity contribution in [3.63, 3.8) is 0 Å². The number of unbranched alkanes of at least 4 members (excludes halogenated alkanes) is 1. The number of thiazole rings is 1. The first-order valence-electron chi connectivity index (χ1n) is 10.8. The molecule has 172 valence electrons. The number of nitrogens with zero attached hydrogens (tertiary/aromatic N) is 2. The Balaban J connectivity index is 0.00000341. The van der Waals surface area contributed by atoms with Crippen LogP contribution in [0.3, 0.4) is 0 Å². The highest BCUT2D eigenvalue weighted by atomic mass is 127. The highest BCUT2D eigenvalue weighted by Crippen LogP contribution is 2.22. The molecule has 3 rings (SSSR count). The van der Waals surface area contributed by atoms with Gasteiger partial charge < -0.3 is 20.1 Å². The fourth-order valence-corrected chi connectivity index (χ4v) is 4.21. The zero-order valence-corrected chi connectivity index (χ0v) is 21.9. The van der Waals surface area contributed by atoms with Crippen molar-refractivity contribution in [2.45, 2.75) is 46.1 Å². The van der Waals surface area contributed by atoms with Crippen molar-refractivity contribution < 1.29 is 9.47 Å². The quantitative estimate of drug-likeness (QED) is 0.195. The zero-order valence-electron chi connectivity index (χ0n) is 18.8. The summed E-state index contributed by atoms with van der Waals surface area (Å²) >= 11 is 1.75. The first-order chi connectivity index (χ1) is 14.6. The van der Waals surface area contributed by atoms with E-state index in [1.54, 1.807) is 18.4 Å². The summed E-state index contributed by atoms with van der Waals surface area (Å²) in [6.07, 6.45) is 4.33. The number of hydrogen-bond acceptors (Lipinski definition) is 5. The number of rotatable bonds is 10. The molecule has 2 aromatic rings. The lowest BCUT2D eigenvalue weighted by molar-refractivity contribution is 0.166. The van der Waals surface area contributed by atoms with Crippen molar-refractivity contribution in [3.8, 4) is 5.75 Å². The smallest absolute Gasteiger partial charge is 0.191 e. The molecule has 1 aromatic heterocycles. The minimum Gasteiger partial charge on any atom is -0.493 e. The monoisotopic (exact) mass is 558 g/mol. The Kier molecular flexibility index (Phi) is 11.6. The van der Waals surface area contributed by atoms with Gasteiger partial charge in [0.2, 0.25) is 0 Å². The molecule has 1 aromatic carbocycles. The highest BCUT2D eigenvalue weighted by molar-refractivity contribution is 14.0. The molecule has 8 heteroatoms. The number of aliphatic imine (C=N–C) groups is 1. The standard InChI is InChI=1S/C23H34N4O2S.HI/c1-17-7-8-20(21(12-17)29-15-19-9-11-28-14-19)13-26-23(24-3)25-10-5-4-6-22-27-18(2)16-30-22;/h7-8,12,16,19H,4-6,9-11,13-15H2,1-3H3,(H2,24,25,26);1H. The van der Waals surface area contributed by atoms with E-state index in [1.165, 1.54) is 10.6 Å². The minimum absolute atomic E-state index is 0. The molecule has 1 unspecified atom stereocenters. The second-order valence-corrected chi connectivity index (χ2v) is 8.79. The molecule has 31 heavy (non-hydrogen) atoms. The average Bonchev–Trinajstić information content (AvgIpc) is 3.41. The van der Waals surface area contributed by atoms with E-state index in [0.29, 0.717) is 19.1 Å². The molecule has 0 spiro atoms. The fourth-order valence-electron chi connectivity index (χ4n) is 3.39. The van der Waals surface area contributed by atoms with E-state index in [1.807, 2.05) is 6.92 Å². The summed E-state index contributed by atoms with van der Waals surface area (Å²) in [6.45, 7) is 8.07. The Morgan fingerprint density at radius 2 is 2.16 bits per heavy atom. The number of halogens is 1. The van der Waals surface area contributed by atoms with Gasteiger partial charge in [-0.15, -0.1) is 35.3 Å². The Bertz CT molecular complexity index is 822. The maximum absolute atomic E-state index is 6.14. The van der Waals surface area contributed by atoms with Gasteiger partial charge in [0.1, 0.15) is 5.75 Å². The third-order valence-electron chi connectivity index (χ3n) is 5.17. The van der Waals surface area contributed by atoms with E-state index in [9.17, 15) is 0 Å². The highest BCUT2D eigenvalue weighted by Gasteiger charge is 2.17. The second kappa shape index (κ2) is 13.9. The molecular formula is C23H35IN4O2S. The van der Waals surface area contributed by atoms with Crippen LogP contribution in [-0.2, 0) is 17.7 Å². The Morgan fingerprint density at radius 3 is 2.87 bits per heavy atom. The first kappa shape index (κ1) is 25.9. The molecule has 0 saturated carbocycles. The van der Waals surface area contributed by atoms with Crippen LogP contribution in [0, 0.1) is 19.8 Å². The lowest BCUT2D eigenvalue weighted by atomic mass is 10.1. The molecule has 2 N–H and O–H groups in total. The van der Waals surface area contributed by atoms with Gasteiger partial charge in [0.05, 0.1) is 18.2 Å². The molecular weight excluding hydrogens is 523 g/mol. The van der Waals surface area contributed by atoms with Crippen LogP contribution >= 0.6 is 35.3 Å². The Hall–Kier alpha value is -1.39. The average molecular weight is 559 g/mol. The molecule has 0 aliphatic carbocycles. The Labute approximate surface area is 207 Å². The summed E-state index contributed by atoms with van der Waals surface area (Å²) in [6, 6.07) is 6.37. The maximum Gasteiger partial charge on any atom is 0.191 e. The van der Waals surface area contributed by atoms with Gasteiger partial charge in [0, 0.05) is 49.3 Å². The molecule has 2 heterocycles. The van der Waals surface area contributed by atoms with Crippen molar-refractivity contribution in [1.82, 2.24) is 15.6 Å². The molecule has 1 atom stereocenters. The van der Waals surface area contributed by atoms with Crippen molar-refractivity contribution in [3.05, 3.63) is 45.4 Å². The van der Waals surface area contributed by atoms with E-state index < -0.39 is 0 Å². The topological polar surface area (TPSA) is 67.8 Å². The van der Waals surface area contributed by atoms with Gasteiger partial charge in [-0.3, -0.25) is 4.99 Å². The van der Waals surface area contributed by atoms with Crippen LogP contribution in [0.2, 0.25) is 0 Å². The molecule has 0 bridgehead atoms. The molecule has 1 fully saturated rings. The summed E-state index contributed by atoms with van der Waals surface area (Å²) in [7, 11) is 1.81. The minimum atomic E-state index is 0. The lowest BCUT2D eigenvalue weighted by Crippen LogP contribution is -2.37. The second-order valence-electron chi connectivity index (χ2n) is 7.84. The normalized spacial score (nSPS) is 16.1. The summed E-state index contributed by atoms with van der Waals surface area (Å²) in [5.41, 5.74) is 3.46. The summed E-state index contributed by atoms with van der Waals surface area (Å²) < 4.78 is 11.6. The molecule has 1 aliphatic rings. The van der Waals surface area contributed by atoms with E-state index >= 15 is 0 Å². The number of ether oxygens (including phenoxy) is 2. The number of benzene rings is 1. The number of aromatic nitrogens is 1. The maximum atomic E-state index is 6.14. The number of nitrogens with one attached hydrogen (secondary N) is 2. The summed E-state index contributed by atoms with van der Waals surface area (Å²) in [4.78, 5) is 8.87. The molecule has 1 saturated heterocycles. The van der Waals surface area contributed by atoms with Gasteiger partial charge in [0.25, 0.3) is 0 Å². The van der Waals surface area contributed by atoms with Crippen LogP contribution in [0.4, 0.5) is 0 Å². The predicted molar refractivity (Wildman–Crippen MR) is 139 cm³/mol. The van der Waals surface area contributed by atoms with Crippen LogP contribution in [0.5, 0.6) is 5.75 Å². The fraction of sp³-hybridized carbons (Fsp3) is 0.565. The van der Waals surface area contributed by atoms with Crippen LogP contribution in [-0.4, -0.2) is 44.4 Å². The van der Waals surface area contributed by atoms with E-state index in [4.69, 9.17) is 9.47 Å². The predicted octanol–water partition coefficient (Wildman–Crippen LogP) is 4.48. The SMILES string of the molecule is CN=C(NCCCCc1nc(C)cs1)NCc1ccc(C)cc1OCC1CCOC1.I. The van der Waals surface area contributed by atoms with Gasteiger partial charge in [-0.05, 0) is 51.2 Å².